The number of nitrogens with one attached hydrogen (secondary N) is 2. The number of carbonyl (C=O) groups is 2. The summed E-state index contributed by atoms with van der Waals surface area (Å²) in [6, 6.07) is -0.633. The normalized spacial score (nSPS) is 22.5. The highest BCUT2D eigenvalue weighted by Crippen LogP contribution is 1.82. The van der Waals surface area contributed by atoms with Crippen LogP contribution in [0.1, 0.15) is 6.42 Å². The molecule has 0 saturated carbocycles. The summed E-state index contributed by atoms with van der Waals surface area (Å²) in [5.41, 5.74) is 0. The van der Waals surface area contributed by atoms with Crippen LogP contribution in [0.15, 0.2) is 0 Å². The Hall–Kier alpha value is -1.06. The Labute approximate surface area is 47.7 Å². The molecule has 8 heavy (non-hydrogen) atoms. The molecule has 0 spiro atoms. The zero-order valence-corrected chi connectivity index (χ0v) is 4.18. The van der Waals surface area contributed by atoms with Crippen molar-refractivity contribution in [1.29, 1.82) is 0 Å². The summed E-state index contributed by atoms with van der Waals surface area (Å²) in [5.74, 6) is -0.302. The van der Waals surface area contributed by atoms with Crippen molar-refractivity contribution in [3.8, 4) is 0 Å². The Morgan fingerprint density at radius 1 is 1.62 bits per heavy atom. The van der Waals surface area contributed by atoms with Gasteiger partial charge in [-0.05, 0) is 0 Å². The van der Waals surface area contributed by atoms with Crippen LogP contribution in [0.2, 0.25) is 1.41 Å². The topological polar surface area (TPSA) is 58.2 Å². The van der Waals surface area contributed by atoms with Gasteiger partial charge in [-0.3, -0.25) is 10.1 Å². The second kappa shape index (κ2) is 1.81. The van der Waals surface area contributed by atoms with Gasteiger partial charge in [-0.2, -0.15) is 0 Å². The molecular weight excluding hydrogens is 108 g/mol. The van der Waals surface area contributed by atoms with E-state index in [1.807, 2.05) is 5.32 Å². The van der Waals surface area contributed by atoms with Gasteiger partial charge in [0.05, 0.1) is 0 Å². The third kappa shape index (κ3) is 0.959. The van der Waals surface area contributed by atoms with Gasteiger partial charge in [0.25, 0.3) is 0 Å². The fourth-order valence-corrected chi connectivity index (χ4v) is 0.480. The summed E-state index contributed by atoms with van der Waals surface area (Å²) in [6.07, 6.45) is 0.231. The maximum absolute atomic E-state index is 10.4. The summed E-state index contributed by atoms with van der Waals surface area (Å²) in [6.45, 7) is 0.199. The molecule has 1 rings (SSSR count). The molecule has 44 valence electrons. The lowest BCUT2D eigenvalue weighted by molar-refractivity contribution is -0.120. The van der Waals surface area contributed by atoms with Crippen molar-refractivity contribution in [2.75, 3.05) is 6.54 Å². The molecule has 0 aromatic heterocycles. The lowest BCUT2D eigenvalue weighted by Crippen LogP contribution is -2.46. The highest BCUT2D eigenvalue weighted by atomic mass is 16.2. The zero-order valence-electron chi connectivity index (χ0n) is 5.18. The number of rotatable bonds is 0. The number of hydrogen-bond acceptors (Lipinski definition) is 2. The fraction of sp³-hybridized carbons (Fsp3) is 0.500. The van der Waals surface area contributed by atoms with E-state index in [0.717, 1.165) is 5.31 Å². The second-order valence-corrected chi connectivity index (χ2v) is 1.49. The first-order valence-electron chi connectivity index (χ1n) is 2.75. The largest absolute Gasteiger partial charge is 0.337 e. The summed E-state index contributed by atoms with van der Waals surface area (Å²) < 4.78 is 6.84. The van der Waals surface area contributed by atoms with Crippen molar-refractivity contribution in [1.82, 2.24) is 10.6 Å². The maximum atomic E-state index is 10.4. The highest BCUT2D eigenvalue weighted by Gasteiger charge is 2.11. The van der Waals surface area contributed by atoms with E-state index in [-0.39, 0.29) is 18.9 Å². The van der Waals surface area contributed by atoms with Crippen molar-refractivity contribution < 1.29 is 11.0 Å². The van der Waals surface area contributed by atoms with Crippen molar-refractivity contribution in [3.63, 3.8) is 0 Å². The summed E-state index contributed by atoms with van der Waals surface area (Å²) in [4.78, 5) is 20.8. The third-order valence-electron chi connectivity index (χ3n) is 0.841. The number of carbonyl (C=O) groups excluding carboxylic acids is 2. The van der Waals surface area contributed by atoms with E-state index in [4.69, 9.17) is 1.41 Å². The van der Waals surface area contributed by atoms with Crippen molar-refractivity contribution in [2.45, 2.75) is 6.42 Å². The Kier molecular flexibility index (Phi) is 0.881. The Morgan fingerprint density at radius 2 is 2.38 bits per heavy atom. The molecule has 2 N–H and O–H groups in total. The average Bonchev–Trinajstić information content (AvgIpc) is 1.80. The molecule has 0 aromatic rings. The van der Waals surface area contributed by atoms with Crippen LogP contribution in [0, 0.1) is 0 Å². The smallest absolute Gasteiger partial charge is 0.321 e. The summed E-state index contributed by atoms with van der Waals surface area (Å²) in [7, 11) is 0. The van der Waals surface area contributed by atoms with Gasteiger partial charge in [0, 0.05) is 13.0 Å². The first-order valence-corrected chi connectivity index (χ1v) is 2.30. The maximum Gasteiger partial charge on any atom is 0.321 e. The zero-order chi connectivity index (χ0) is 6.85. The molecule has 1 saturated heterocycles. The van der Waals surface area contributed by atoms with Gasteiger partial charge in [-0.15, -0.1) is 0 Å². The standard InChI is InChI=1S/C4H6N2O2/c7-3-1-2-5-4(8)6-3/h1-2H2,(H2,5,6,7,8)/i/hD. The van der Waals surface area contributed by atoms with Gasteiger partial charge in [0.1, 0.15) is 0 Å². The van der Waals surface area contributed by atoms with Gasteiger partial charge < -0.3 is 5.31 Å². The van der Waals surface area contributed by atoms with Crippen LogP contribution in [0.25, 0.3) is 0 Å². The van der Waals surface area contributed by atoms with Crippen LogP contribution in [0.4, 0.5) is 4.79 Å². The molecule has 0 bridgehead atoms. The molecule has 3 amide bonds. The van der Waals surface area contributed by atoms with Crippen LogP contribution in [-0.2, 0) is 4.79 Å². The van der Waals surface area contributed by atoms with Crippen LogP contribution < -0.4 is 10.6 Å². The van der Waals surface area contributed by atoms with Crippen LogP contribution >= 0.6 is 0 Å². The molecule has 4 heteroatoms. The minimum Gasteiger partial charge on any atom is -0.337 e. The number of imide groups is 1. The minimum atomic E-state index is -0.633. The lowest BCUT2D eigenvalue weighted by atomic mass is 10.3. The van der Waals surface area contributed by atoms with E-state index in [1.54, 1.807) is 0 Å². The number of urea groups is 1. The molecule has 0 aliphatic carbocycles. The predicted octanol–water partition coefficient (Wildman–Crippen LogP) is -0.784. The lowest BCUT2D eigenvalue weighted by Gasteiger charge is -2.10. The van der Waals surface area contributed by atoms with Gasteiger partial charge in [-0.25, -0.2) is 4.79 Å². The van der Waals surface area contributed by atoms with E-state index >= 15 is 0 Å². The van der Waals surface area contributed by atoms with E-state index in [1.165, 1.54) is 0 Å². The second-order valence-electron chi connectivity index (χ2n) is 1.49. The molecule has 1 aliphatic rings. The van der Waals surface area contributed by atoms with Crippen molar-refractivity contribution >= 4 is 11.9 Å². The predicted molar refractivity (Wildman–Crippen MR) is 26.2 cm³/mol. The van der Waals surface area contributed by atoms with Gasteiger partial charge >= 0.3 is 6.03 Å². The van der Waals surface area contributed by atoms with E-state index in [0.29, 0.717) is 0 Å². The molecule has 1 aliphatic heterocycles. The first kappa shape index (κ1) is 3.88. The Bertz CT molecular complexity index is 159. The molecule has 1 heterocycles. The summed E-state index contributed by atoms with van der Waals surface area (Å²) in [5, 5.41) is 2.71. The fourth-order valence-electron chi connectivity index (χ4n) is 0.480. The van der Waals surface area contributed by atoms with E-state index in [2.05, 4.69) is 0 Å². The average molecular weight is 115 g/mol. The molecule has 0 unspecified atom stereocenters. The van der Waals surface area contributed by atoms with Gasteiger partial charge in [-0.1, -0.05) is 0 Å². The molecule has 0 radical (unpaired) electrons. The Morgan fingerprint density at radius 3 is 2.88 bits per heavy atom. The van der Waals surface area contributed by atoms with Crippen molar-refractivity contribution in [2.24, 2.45) is 0 Å². The van der Waals surface area contributed by atoms with Gasteiger partial charge in [0.2, 0.25) is 5.91 Å². The Balaban J connectivity index is 2.54. The minimum absolute atomic E-state index is 0.199. The van der Waals surface area contributed by atoms with Crippen molar-refractivity contribution in [3.05, 3.63) is 0 Å². The molecular formula is C4H6N2O2. The summed E-state index contributed by atoms with van der Waals surface area (Å²) >= 11 is 0. The van der Waals surface area contributed by atoms with E-state index in [9.17, 15) is 9.59 Å². The van der Waals surface area contributed by atoms with E-state index < -0.39 is 6.03 Å². The monoisotopic (exact) mass is 115 g/mol. The first-order chi connectivity index (χ1) is 4.20. The van der Waals surface area contributed by atoms with Crippen LogP contribution in [0.5, 0.6) is 0 Å². The van der Waals surface area contributed by atoms with Crippen LogP contribution in [-0.4, -0.2) is 18.5 Å². The highest BCUT2D eigenvalue weighted by molar-refractivity contribution is 5.96. The molecule has 1 fully saturated rings. The molecule has 0 aromatic carbocycles. The molecule has 4 nitrogen and oxygen atoms in total. The van der Waals surface area contributed by atoms with Crippen LogP contribution in [0.3, 0.4) is 0 Å². The van der Waals surface area contributed by atoms with Gasteiger partial charge in [0.15, 0.2) is 1.41 Å². The molecule has 0 atom stereocenters. The third-order valence-corrected chi connectivity index (χ3v) is 0.841. The number of amides is 3. The quantitative estimate of drug-likeness (QED) is 0.435. The SMILES string of the molecule is [2H]N1CCC(=O)NC1=O. The number of hydrogen-bond donors (Lipinski definition) is 2.